The molecule has 0 spiro atoms. The summed E-state index contributed by atoms with van der Waals surface area (Å²) in [5, 5.41) is 6.44. The summed E-state index contributed by atoms with van der Waals surface area (Å²) in [5.41, 5.74) is -0.161. The Morgan fingerprint density at radius 3 is 2.68 bits per heavy atom. The lowest BCUT2D eigenvalue weighted by atomic mass is 9.98. The SMILES string of the molecule is O=C(Nc1cccc(C(F)(F)F)c1)N1CCCC(c2nc(-c3ccc(F)cc3)no2)C1. The van der Waals surface area contributed by atoms with E-state index in [1.165, 1.54) is 29.2 Å². The first kappa shape index (κ1) is 20.8. The Kier molecular flexibility index (Phi) is 5.62. The van der Waals surface area contributed by atoms with Crippen LogP contribution in [0, 0.1) is 5.82 Å². The summed E-state index contributed by atoms with van der Waals surface area (Å²) in [4.78, 5) is 18.5. The van der Waals surface area contributed by atoms with Crippen LogP contribution in [-0.2, 0) is 6.18 Å². The van der Waals surface area contributed by atoms with E-state index in [9.17, 15) is 22.4 Å². The third-order valence-corrected chi connectivity index (χ3v) is 5.04. The number of nitrogens with zero attached hydrogens (tertiary/aromatic N) is 3. The molecule has 0 aliphatic carbocycles. The molecule has 1 N–H and O–H groups in total. The third-order valence-electron chi connectivity index (χ3n) is 5.04. The van der Waals surface area contributed by atoms with Crippen molar-refractivity contribution in [2.75, 3.05) is 18.4 Å². The molecule has 0 bridgehead atoms. The monoisotopic (exact) mass is 434 g/mol. The van der Waals surface area contributed by atoms with E-state index >= 15 is 0 Å². The number of anilines is 1. The Morgan fingerprint density at radius 1 is 1.16 bits per heavy atom. The lowest BCUT2D eigenvalue weighted by Gasteiger charge is -2.31. The number of piperidine rings is 1. The predicted molar refractivity (Wildman–Crippen MR) is 104 cm³/mol. The van der Waals surface area contributed by atoms with Gasteiger partial charge in [0.05, 0.1) is 11.5 Å². The number of carbonyl (C=O) groups is 1. The van der Waals surface area contributed by atoms with Crippen LogP contribution in [-0.4, -0.2) is 34.2 Å². The number of carbonyl (C=O) groups excluding carboxylic acids is 1. The molecule has 1 fully saturated rings. The average Bonchev–Trinajstić information content (AvgIpc) is 3.24. The molecule has 1 unspecified atom stereocenters. The van der Waals surface area contributed by atoms with E-state index in [-0.39, 0.29) is 24.0 Å². The molecule has 6 nitrogen and oxygen atoms in total. The first-order valence-electron chi connectivity index (χ1n) is 9.62. The molecule has 31 heavy (non-hydrogen) atoms. The highest BCUT2D eigenvalue weighted by molar-refractivity contribution is 5.89. The van der Waals surface area contributed by atoms with Crippen molar-refractivity contribution in [3.63, 3.8) is 0 Å². The van der Waals surface area contributed by atoms with E-state index < -0.39 is 17.8 Å². The van der Waals surface area contributed by atoms with E-state index in [4.69, 9.17) is 4.52 Å². The summed E-state index contributed by atoms with van der Waals surface area (Å²) in [7, 11) is 0. The van der Waals surface area contributed by atoms with E-state index in [0.717, 1.165) is 18.6 Å². The molecule has 2 amide bonds. The standard InChI is InChI=1S/C21H18F4N4O2/c22-16-8-6-13(7-9-16)18-27-19(31-28-18)14-3-2-10-29(12-14)20(30)26-17-5-1-4-15(11-17)21(23,24)25/h1,4-9,11,14H,2-3,10,12H2,(H,26,30). The van der Waals surface area contributed by atoms with Crippen molar-refractivity contribution in [1.82, 2.24) is 15.0 Å². The fraction of sp³-hybridized carbons (Fsp3) is 0.286. The number of nitrogens with one attached hydrogen (secondary N) is 1. The normalized spacial score (nSPS) is 16.9. The number of rotatable bonds is 3. The highest BCUT2D eigenvalue weighted by Crippen LogP contribution is 2.31. The van der Waals surface area contributed by atoms with Crippen LogP contribution < -0.4 is 5.32 Å². The molecule has 2 heterocycles. The minimum absolute atomic E-state index is 0.0679. The Hall–Kier alpha value is -3.43. The molecule has 1 aliphatic heterocycles. The molecular weight excluding hydrogens is 416 g/mol. The predicted octanol–water partition coefficient (Wildman–Crippen LogP) is 5.31. The van der Waals surface area contributed by atoms with Gasteiger partial charge in [0.15, 0.2) is 0 Å². The highest BCUT2D eigenvalue weighted by Gasteiger charge is 2.31. The van der Waals surface area contributed by atoms with Crippen LogP contribution >= 0.6 is 0 Å². The molecule has 1 saturated heterocycles. The van der Waals surface area contributed by atoms with Crippen LogP contribution in [0.3, 0.4) is 0 Å². The van der Waals surface area contributed by atoms with Crippen molar-refractivity contribution < 1.29 is 26.9 Å². The lowest BCUT2D eigenvalue weighted by Crippen LogP contribution is -2.41. The molecule has 1 aromatic heterocycles. The summed E-state index contributed by atoms with van der Waals surface area (Å²) in [6, 6.07) is 9.67. The van der Waals surface area contributed by atoms with E-state index in [1.54, 1.807) is 12.1 Å². The van der Waals surface area contributed by atoms with Crippen LogP contribution in [0.5, 0.6) is 0 Å². The molecule has 3 aromatic rings. The minimum atomic E-state index is -4.49. The van der Waals surface area contributed by atoms with E-state index in [1.807, 2.05) is 0 Å². The van der Waals surface area contributed by atoms with Crippen molar-refractivity contribution in [1.29, 1.82) is 0 Å². The Morgan fingerprint density at radius 2 is 1.94 bits per heavy atom. The fourth-order valence-corrected chi connectivity index (χ4v) is 3.46. The second-order valence-corrected chi connectivity index (χ2v) is 7.26. The maximum Gasteiger partial charge on any atom is 0.416 e. The van der Waals surface area contributed by atoms with E-state index in [0.29, 0.717) is 30.2 Å². The van der Waals surface area contributed by atoms with Gasteiger partial charge >= 0.3 is 12.2 Å². The zero-order valence-electron chi connectivity index (χ0n) is 16.2. The van der Waals surface area contributed by atoms with Gasteiger partial charge in [-0.3, -0.25) is 0 Å². The second kappa shape index (κ2) is 8.37. The smallest absolute Gasteiger partial charge is 0.339 e. The van der Waals surface area contributed by atoms with Gasteiger partial charge in [-0.05, 0) is 55.3 Å². The molecule has 162 valence electrons. The van der Waals surface area contributed by atoms with Gasteiger partial charge in [0.25, 0.3) is 0 Å². The number of benzene rings is 2. The summed E-state index contributed by atoms with van der Waals surface area (Å²) < 4.78 is 57.1. The number of hydrogen-bond acceptors (Lipinski definition) is 4. The van der Waals surface area contributed by atoms with Crippen molar-refractivity contribution in [2.24, 2.45) is 0 Å². The maximum atomic E-state index is 13.1. The zero-order chi connectivity index (χ0) is 22.0. The first-order chi connectivity index (χ1) is 14.8. The molecule has 2 aromatic carbocycles. The van der Waals surface area contributed by atoms with Crippen molar-refractivity contribution in [3.8, 4) is 11.4 Å². The number of halogens is 4. The molecule has 0 radical (unpaired) electrons. The molecule has 1 atom stereocenters. The van der Waals surface area contributed by atoms with Gasteiger partial charge in [0.2, 0.25) is 11.7 Å². The van der Waals surface area contributed by atoms with Crippen LogP contribution in [0.2, 0.25) is 0 Å². The van der Waals surface area contributed by atoms with Gasteiger partial charge in [-0.2, -0.15) is 18.2 Å². The topological polar surface area (TPSA) is 71.3 Å². The highest BCUT2D eigenvalue weighted by atomic mass is 19.4. The number of urea groups is 1. The first-order valence-corrected chi connectivity index (χ1v) is 9.62. The lowest BCUT2D eigenvalue weighted by molar-refractivity contribution is -0.137. The fourth-order valence-electron chi connectivity index (χ4n) is 3.46. The van der Waals surface area contributed by atoms with Gasteiger partial charge in [0.1, 0.15) is 5.82 Å². The summed E-state index contributed by atoms with van der Waals surface area (Å²) in [5.74, 6) is 0.0984. The Balaban J connectivity index is 1.43. The van der Waals surface area contributed by atoms with Gasteiger partial charge in [0, 0.05) is 24.3 Å². The minimum Gasteiger partial charge on any atom is -0.339 e. The van der Waals surface area contributed by atoms with Gasteiger partial charge in [-0.15, -0.1) is 0 Å². The van der Waals surface area contributed by atoms with Gasteiger partial charge < -0.3 is 14.7 Å². The number of hydrogen-bond donors (Lipinski definition) is 1. The van der Waals surface area contributed by atoms with Crippen LogP contribution in [0.1, 0.15) is 30.2 Å². The number of alkyl halides is 3. The summed E-state index contributed by atoms with van der Waals surface area (Å²) >= 11 is 0. The summed E-state index contributed by atoms with van der Waals surface area (Å²) in [6.45, 7) is 0.746. The van der Waals surface area contributed by atoms with Crippen molar-refractivity contribution in [3.05, 3.63) is 65.8 Å². The quantitative estimate of drug-likeness (QED) is 0.568. The van der Waals surface area contributed by atoms with Crippen molar-refractivity contribution >= 4 is 11.7 Å². The van der Waals surface area contributed by atoms with Gasteiger partial charge in [-0.1, -0.05) is 11.2 Å². The average molecular weight is 434 g/mol. The summed E-state index contributed by atoms with van der Waals surface area (Å²) in [6.07, 6.45) is -3.09. The Labute approximate surface area is 174 Å². The van der Waals surface area contributed by atoms with Crippen LogP contribution in [0.25, 0.3) is 11.4 Å². The van der Waals surface area contributed by atoms with Crippen LogP contribution in [0.15, 0.2) is 53.1 Å². The molecule has 1 aliphatic rings. The number of likely N-dealkylation sites (tertiary alicyclic amines) is 1. The maximum absolute atomic E-state index is 13.1. The van der Waals surface area contributed by atoms with E-state index in [2.05, 4.69) is 15.5 Å². The van der Waals surface area contributed by atoms with Crippen LogP contribution in [0.4, 0.5) is 28.0 Å². The molecule has 4 rings (SSSR count). The zero-order valence-corrected chi connectivity index (χ0v) is 16.2. The Bertz CT molecular complexity index is 1070. The second-order valence-electron chi connectivity index (χ2n) is 7.26. The largest absolute Gasteiger partial charge is 0.416 e. The molecular formula is C21H18F4N4O2. The number of aromatic nitrogens is 2. The van der Waals surface area contributed by atoms with Gasteiger partial charge in [-0.25, -0.2) is 9.18 Å². The third kappa shape index (κ3) is 4.84. The van der Waals surface area contributed by atoms with Crippen molar-refractivity contribution in [2.45, 2.75) is 24.9 Å². The number of amides is 2. The molecule has 10 heteroatoms. The molecule has 0 saturated carbocycles.